The SMILES string of the molecule is C=C(F)C(=O)N1CCN(c2nc(OCC3COC3)nc3c2CCN(c2cccc4cccc(Cl)c24)C3)C[C@@H]1CC#N. The highest BCUT2D eigenvalue weighted by Crippen LogP contribution is 2.37. The van der Waals surface area contributed by atoms with Crippen molar-refractivity contribution in [2.75, 3.05) is 55.8 Å². The molecule has 2 saturated heterocycles. The summed E-state index contributed by atoms with van der Waals surface area (Å²) in [7, 11) is 0. The number of nitrogens with zero attached hydrogens (tertiary/aromatic N) is 6. The highest BCUT2D eigenvalue weighted by Gasteiger charge is 2.35. The van der Waals surface area contributed by atoms with Crippen molar-refractivity contribution in [3.8, 4) is 12.1 Å². The third-order valence-electron chi connectivity index (χ3n) is 7.95. The number of fused-ring (bicyclic) bond motifs is 2. The van der Waals surface area contributed by atoms with E-state index in [2.05, 4.69) is 40.6 Å². The third kappa shape index (κ3) is 5.39. The Labute approximate surface area is 242 Å². The molecule has 3 aliphatic heterocycles. The number of halogens is 2. The first-order valence-corrected chi connectivity index (χ1v) is 14.1. The van der Waals surface area contributed by atoms with Gasteiger partial charge in [-0.3, -0.25) is 4.79 Å². The number of anilines is 2. The number of nitriles is 1. The number of carbonyl (C=O) groups excluding carboxylic acids is 1. The van der Waals surface area contributed by atoms with Crippen molar-refractivity contribution in [3.63, 3.8) is 0 Å². The zero-order valence-corrected chi connectivity index (χ0v) is 23.3. The second kappa shape index (κ2) is 11.5. The van der Waals surface area contributed by atoms with Crippen LogP contribution in [0.15, 0.2) is 48.8 Å². The monoisotopic (exact) mass is 576 g/mol. The van der Waals surface area contributed by atoms with Crippen molar-refractivity contribution in [2.45, 2.75) is 25.4 Å². The predicted octanol–water partition coefficient (Wildman–Crippen LogP) is 4.29. The lowest BCUT2D eigenvalue weighted by molar-refractivity contribution is -0.131. The number of hydrogen-bond donors (Lipinski definition) is 0. The zero-order valence-electron chi connectivity index (χ0n) is 22.6. The normalized spacial score (nSPS) is 19.0. The van der Waals surface area contributed by atoms with Gasteiger partial charge < -0.3 is 24.2 Å². The molecule has 3 aromatic rings. The summed E-state index contributed by atoms with van der Waals surface area (Å²) in [5.41, 5.74) is 2.91. The van der Waals surface area contributed by atoms with E-state index < -0.39 is 17.8 Å². The van der Waals surface area contributed by atoms with E-state index in [1.165, 1.54) is 4.90 Å². The van der Waals surface area contributed by atoms with Crippen molar-refractivity contribution < 1.29 is 18.7 Å². The first-order chi connectivity index (χ1) is 19.9. The van der Waals surface area contributed by atoms with Gasteiger partial charge in [0.1, 0.15) is 5.82 Å². The molecule has 4 heterocycles. The maximum Gasteiger partial charge on any atom is 0.318 e. The van der Waals surface area contributed by atoms with Crippen LogP contribution >= 0.6 is 11.6 Å². The highest BCUT2D eigenvalue weighted by atomic mass is 35.5. The minimum absolute atomic E-state index is 0.0729. The van der Waals surface area contributed by atoms with E-state index in [1.54, 1.807) is 0 Å². The topological polar surface area (TPSA) is 94.8 Å². The molecule has 0 bridgehead atoms. The van der Waals surface area contributed by atoms with Crippen molar-refractivity contribution >= 4 is 39.8 Å². The van der Waals surface area contributed by atoms with Gasteiger partial charge in [0.05, 0.1) is 55.6 Å². The molecule has 1 amide bonds. The number of piperazine rings is 1. The average Bonchev–Trinajstić information content (AvgIpc) is 2.95. The van der Waals surface area contributed by atoms with Gasteiger partial charge in [0.2, 0.25) is 0 Å². The molecule has 0 unspecified atom stereocenters. The van der Waals surface area contributed by atoms with Crippen molar-refractivity contribution in [1.82, 2.24) is 14.9 Å². The Morgan fingerprint density at radius 1 is 1.17 bits per heavy atom. The fourth-order valence-electron chi connectivity index (χ4n) is 5.78. The van der Waals surface area contributed by atoms with Gasteiger partial charge in [-0.1, -0.05) is 42.4 Å². The highest BCUT2D eigenvalue weighted by molar-refractivity contribution is 6.36. The van der Waals surface area contributed by atoms with E-state index >= 15 is 0 Å². The zero-order chi connectivity index (χ0) is 28.5. The first kappa shape index (κ1) is 27.2. The van der Waals surface area contributed by atoms with E-state index in [0.29, 0.717) is 56.8 Å². The fraction of sp³-hybridized carbons (Fsp3) is 0.400. The molecular formula is C30H30ClFN6O3. The minimum Gasteiger partial charge on any atom is -0.463 e. The Morgan fingerprint density at radius 3 is 2.71 bits per heavy atom. The largest absolute Gasteiger partial charge is 0.463 e. The average molecular weight is 577 g/mol. The Hall–Kier alpha value is -3.94. The Kier molecular flexibility index (Phi) is 7.65. The summed E-state index contributed by atoms with van der Waals surface area (Å²) in [5, 5.41) is 12.2. The standard InChI is InChI=1S/C30H30ClFN6O3/c1-19(32)29(39)38-13-12-37(14-22(38)8-10-33)28-23-9-11-36(26-7-3-5-21-4-2-6-24(31)27(21)26)15-25(23)34-30(35-28)41-18-20-16-40-17-20/h2-7,20,22H,1,8-9,11-18H2/t22-/m0/s1. The number of benzene rings is 2. The molecular weight excluding hydrogens is 547 g/mol. The molecule has 9 nitrogen and oxygen atoms in total. The van der Waals surface area contributed by atoms with Crippen LogP contribution in [0.3, 0.4) is 0 Å². The third-order valence-corrected chi connectivity index (χ3v) is 8.27. The van der Waals surface area contributed by atoms with E-state index in [4.69, 9.17) is 31.0 Å². The van der Waals surface area contributed by atoms with Gasteiger partial charge in [0.15, 0.2) is 5.83 Å². The molecule has 3 aliphatic rings. The first-order valence-electron chi connectivity index (χ1n) is 13.7. The van der Waals surface area contributed by atoms with E-state index in [-0.39, 0.29) is 19.0 Å². The summed E-state index contributed by atoms with van der Waals surface area (Å²) in [4.78, 5) is 27.9. The van der Waals surface area contributed by atoms with Gasteiger partial charge in [-0.15, -0.1) is 0 Å². The summed E-state index contributed by atoms with van der Waals surface area (Å²) in [6, 6.07) is 14.0. The number of hydrogen-bond acceptors (Lipinski definition) is 8. The van der Waals surface area contributed by atoms with Crippen LogP contribution in [0.4, 0.5) is 15.9 Å². The molecule has 1 atom stereocenters. The summed E-state index contributed by atoms with van der Waals surface area (Å²) in [6.45, 7) is 7.22. The van der Waals surface area contributed by atoms with E-state index in [1.807, 2.05) is 18.2 Å². The second-order valence-electron chi connectivity index (χ2n) is 10.6. The van der Waals surface area contributed by atoms with Crippen LogP contribution in [-0.4, -0.2) is 72.8 Å². The Morgan fingerprint density at radius 2 is 1.98 bits per heavy atom. The van der Waals surface area contributed by atoms with Crippen LogP contribution in [0, 0.1) is 17.2 Å². The molecule has 0 N–H and O–H groups in total. The van der Waals surface area contributed by atoms with Crippen LogP contribution in [0.1, 0.15) is 17.7 Å². The molecule has 212 valence electrons. The van der Waals surface area contributed by atoms with Gasteiger partial charge in [-0.05, 0) is 23.9 Å². The molecule has 0 aliphatic carbocycles. The summed E-state index contributed by atoms with van der Waals surface area (Å²) in [6.07, 6.45) is 0.759. The minimum atomic E-state index is -1.02. The molecule has 0 saturated carbocycles. The molecule has 2 aromatic carbocycles. The van der Waals surface area contributed by atoms with Crippen LogP contribution in [0.2, 0.25) is 5.02 Å². The smallest absolute Gasteiger partial charge is 0.318 e. The molecule has 0 radical (unpaired) electrons. The Bertz CT molecular complexity index is 1540. The van der Waals surface area contributed by atoms with Crippen LogP contribution < -0.4 is 14.5 Å². The molecule has 6 rings (SSSR count). The summed E-state index contributed by atoms with van der Waals surface area (Å²) >= 11 is 6.65. The van der Waals surface area contributed by atoms with Gasteiger partial charge >= 0.3 is 6.01 Å². The van der Waals surface area contributed by atoms with Crippen LogP contribution in [0.25, 0.3) is 10.8 Å². The Balaban J connectivity index is 1.33. The lowest BCUT2D eigenvalue weighted by Crippen LogP contribution is -2.55. The van der Waals surface area contributed by atoms with Crippen LogP contribution in [0.5, 0.6) is 6.01 Å². The molecule has 1 aromatic heterocycles. The molecule has 2 fully saturated rings. The number of carbonyl (C=O) groups is 1. The predicted molar refractivity (Wildman–Crippen MR) is 154 cm³/mol. The quantitative estimate of drug-likeness (QED) is 0.385. The number of amides is 1. The van der Waals surface area contributed by atoms with Crippen molar-refractivity contribution in [3.05, 3.63) is 65.1 Å². The van der Waals surface area contributed by atoms with E-state index in [0.717, 1.165) is 40.1 Å². The van der Waals surface area contributed by atoms with Crippen molar-refractivity contribution in [2.24, 2.45) is 5.92 Å². The second-order valence-corrected chi connectivity index (χ2v) is 11.0. The molecule has 41 heavy (non-hydrogen) atoms. The van der Waals surface area contributed by atoms with Crippen LogP contribution in [-0.2, 0) is 22.5 Å². The van der Waals surface area contributed by atoms with Crippen molar-refractivity contribution in [1.29, 1.82) is 5.26 Å². The molecule has 0 spiro atoms. The van der Waals surface area contributed by atoms with Gasteiger partial charge in [-0.2, -0.15) is 15.2 Å². The number of aromatic nitrogens is 2. The maximum atomic E-state index is 13.7. The van der Waals surface area contributed by atoms with Gasteiger partial charge in [0.25, 0.3) is 5.91 Å². The van der Waals surface area contributed by atoms with E-state index in [9.17, 15) is 14.4 Å². The number of rotatable bonds is 7. The fourth-order valence-corrected chi connectivity index (χ4v) is 6.06. The van der Waals surface area contributed by atoms with Gasteiger partial charge in [-0.25, -0.2) is 4.39 Å². The maximum absolute atomic E-state index is 13.7. The molecule has 11 heteroatoms. The lowest BCUT2D eigenvalue weighted by Gasteiger charge is -2.42. The lowest BCUT2D eigenvalue weighted by atomic mass is 10.0. The summed E-state index contributed by atoms with van der Waals surface area (Å²) < 4.78 is 25.1. The number of ether oxygens (including phenoxy) is 2. The van der Waals surface area contributed by atoms with Gasteiger partial charge in [0, 0.05) is 48.7 Å². The summed E-state index contributed by atoms with van der Waals surface area (Å²) in [5.74, 6) is -0.758.